The lowest BCUT2D eigenvalue weighted by atomic mass is 10.2. The maximum atomic E-state index is 9.11. The number of nitrogens with zero attached hydrogens (tertiary/aromatic N) is 2. The van der Waals surface area contributed by atoms with Crippen LogP contribution in [-0.2, 0) is 0 Å². The Morgan fingerprint density at radius 2 is 2.11 bits per heavy atom. The molecule has 0 aliphatic rings. The first-order chi connectivity index (χ1) is 9.26. The number of nitriles is 1. The Bertz CT molecular complexity index is 789. The van der Waals surface area contributed by atoms with Crippen molar-refractivity contribution in [3.8, 4) is 6.07 Å². The zero-order chi connectivity index (χ0) is 13.2. The molecule has 0 spiro atoms. The summed E-state index contributed by atoms with van der Waals surface area (Å²) < 4.78 is 2.06. The van der Waals surface area contributed by atoms with Crippen molar-refractivity contribution < 1.29 is 0 Å². The second-order valence-electron chi connectivity index (χ2n) is 3.96. The summed E-state index contributed by atoms with van der Waals surface area (Å²) in [6, 6.07) is 13.7. The Morgan fingerprint density at radius 1 is 1.21 bits per heavy atom. The molecule has 3 nitrogen and oxygen atoms in total. The average molecular weight is 330 g/mol. The zero-order valence-corrected chi connectivity index (χ0v) is 12.1. The smallest absolute Gasteiger partial charge is 0.101 e. The minimum absolute atomic E-state index is 0.618. The molecule has 0 unspecified atom stereocenters. The normalized spacial score (nSPS) is 10.3. The van der Waals surface area contributed by atoms with Gasteiger partial charge in [0, 0.05) is 10.2 Å². The van der Waals surface area contributed by atoms with Gasteiger partial charge in [0.25, 0.3) is 0 Å². The number of halogens is 1. The molecule has 0 saturated heterocycles. The summed E-state index contributed by atoms with van der Waals surface area (Å²) in [6.45, 7) is 0. The van der Waals surface area contributed by atoms with Crippen LogP contribution in [0.3, 0.4) is 0 Å². The molecule has 0 aliphatic carbocycles. The minimum Gasteiger partial charge on any atom is -0.354 e. The third-order valence-electron chi connectivity index (χ3n) is 2.71. The molecule has 0 saturated carbocycles. The quantitative estimate of drug-likeness (QED) is 0.742. The van der Waals surface area contributed by atoms with Crippen LogP contribution >= 0.6 is 27.3 Å². The van der Waals surface area contributed by atoms with E-state index in [1.165, 1.54) is 0 Å². The van der Waals surface area contributed by atoms with Crippen LogP contribution in [-0.4, -0.2) is 4.98 Å². The summed E-state index contributed by atoms with van der Waals surface area (Å²) >= 11 is 5.01. The maximum absolute atomic E-state index is 9.11. The third kappa shape index (κ3) is 2.46. The molecule has 3 rings (SSSR count). The van der Waals surface area contributed by atoms with Crippen LogP contribution in [0.15, 0.2) is 46.4 Å². The monoisotopic (exact) mass is 329 g/mol. The fourth-order valence-corrected chi connectivity index (χ4v) is 2.88. The SMILES string of the molecule is N#Cc1ccc(Br)cc1Nc1ccc2ncsc2c1. The van der Waals surface area contributed by atoms with Gasteiger partial charge in [0.15, 0.2) is 0 Å². The molecule has 0 bridgehead atoms. The first kappa shape index (κ1) is 12.2. The lowest BCUT2D eigenvalue weighted by molar-refractivity contribution is 1.45. The summed E-state index contributed by atoms with van der Waals surface area (Å²) in [6.07, 6.45) is 0. The van der Waals surface area contributed by atoms with Crippen LogP contribution < -0.4 is 5.32 Å². The number of rotatable bonds is 2. The highest BCUT2D eigenvalue weighted by atomic mass is 79.9. The van der Waals surface area contributed by atoms with Crippen LogP contribution in [0.2, 0.25) is 0 Å². The first-order valence-corrected chi connectivity index (χ1v) is 7.23. The molecule has 19 heavy (non-hydrogen) atoms. The largest absolute Gasteiger partial charge is 0.354 e. The van der Waals surface area contributed by atoms with Crippen LogP contribution in [0.5, 0.6) is 0 Å². The summed E-state index contributed by atoms with van der Waals surface area (Å²) in [5.74, 6) is 0. The summed E-state index contributed by atoms with van der Waals surface area (Å²) in [4.78, 5) is 4.25. The summed E-state index contributed by atoms with van der Waals surface area (Å²) in [5.41, 5.74) is 5.18. The van der Waals surface area contributed by atoms with Crippen molar-refractivity contribution in [3.05, 3.63) is 51.9 Å². The summed E-state index contributed by atoms with van der Waals surface area (Å²) in [5, 5.41) is 12.4. The number of hydrogen-bond acceptors (Lipinski definition) is 4. The molecular weight excluding hydrogens is 322 g/mol. The molecule has 2 aromatic carbocycles. The van der Waals surface area contributed by atoms with Crippen molar-refractivity contribution in [2.45, 2.75) is 0 Å². The number of aromatic nitrogens is 1. The molecule has 1 N–H and O–H groups in total. The van der Waals surface area contributed by atoms with E-state index in [2.05, 4.69) is 32.3 Å². The van der Waals surface area contributed by atoms with Crippen molar-refractivity contribution in [3.63, 3.8) is 0 Å². The van der Waals surface area contributed by atoms with Crippen molar-refractivity contribution in [1.29, 1.82) is 5.26 Å². The van der Waals surface area contributed by atoms with Gasteiger partial charge >= 0.3 is 0 Å². The predicted octanol–water partition coefficient (Wildman–Crippen LogP) is 4.67. The van der Waals surface area contributed by atoms with E-state index < -0.39 is 0 Å². The molecule has 92 valence electrons. The zero-order valence-electron chi connectivity index (χ0n) is 9.72. The van der Waals surface area contributed by atoms with Gasteiger partial charge in [0.2, 0.25) is 0 Å². The van der Waals surface area contributed by atoms with E-state index in [9.17, 15) is 0 Å². The van der Waals surface area contributed by atoms with E-state index in [0.717, 1.165) is 26.1 Å². The molecule has 0 aliphatic heterocycles. The van der Waals surface area contributed by atoms with Gasteiger partial charge < -0.3 is 5.32 Å². The third-order valence-corrected chi connectivity index (χ3v) is 4.00. The molecule has 1 heterocycles. The molecule has 0 atom stereocenters. The Balaban J connectivity index is 2.00. The topological polar surface area (TPSA) is 48.7 Å². The highest BCUT2D eigenvalue weighted by Gasteiger charge is 2.04. The standard InChI is InChI=1S/C14H8BrN3S/c15-10-2-1-9(7-16)13(5-10)18-11-3-4-12-14(6-11)19-8-17-12/h1-6,8,18H. The number of thiazole rings is 1. The molecule has 1 aromatic heterocycles. The second kappa shape index (κ2) is 5.00. The van der Waals surface area contributed by atoms with Crippen molar-refractivity contribution in [2.75, 3.05) is 5.32 Å². The van der Waals surface area contributed by atoms with Gasteiger partial charge in [-0.1, -0.05) is 15.9 Å². The second-order valence-corrected chi connectivity index (χ2v) is 5.76. The van der Waals surface area contributed by atoms with Gasteiger partial charge in [-0.05, 0) is 36.4 Å². The van der Waals surface area contributed by atoms with E-state index in [1.54, 1.807) is 17.4 Å². The maximum Gasteiger partial charge on any atom is 0.101 e. The average Bonchev–Trinajstić information content (AvgIpc) is 2.86. The van der Waals surface area contributed by atoms with Crippen molar-refractivity contribution >= 4 is 48.9 Å². The van der Waals surface area contributed by atoms with Gasteiger partial charge in [-0.25, -0.2) is 4.98 Å². The Labute approximate surface area is 122 Å². The molecular formula is C14H8BrN3S. The van der Waals surface area contributed by atoms with Crippen molar-refractivity contribution in [2.24, 2.45) is 0 Å². The fraction of sp³-hybridized carbons (Fsp3) is 0. The highest BCUT2D eigenvalue weighted by Crippen LogP contribution is 2.27. The van der Waals surface area contributed by atoms with Crippen LogP contribution in [0.4, 0.5) is 11.4 Å². The van der Waals surface area contributed by atoms with E-state index in [0.29, 0.717) is 5.56 Å². The molecule has 3 aromatic rings. The van der Waals surface area contributed by atoms with Gasteiger partial charge in [-0.2, -0.15) is 5.26 Å². The Hall–Kier alpha value is -1.90. The van der Waals surface area contributed by atoms with E-state index >= 15 is 0 Å². The number of anilines is 2. The Morgan fingerprint density at radius 3 is 2.95 bits per heavy atom. The lowest BCUT2D eigenvalue weighted by Crippen LogP contribution is -1.93. The molecule has 0 amide bonds. The van der Waals surface area contributed by atoms with Crippen LogP contribution in [0, 0.1) is 11.3 Å². The number of fused-ring (bicyclic) bond motifs is 1. The van der Waals surface area contributed by atoms with Gasteiger partial charge in [-0.15, -0.1) is 11.3 Å². The van der Waals surface area contributed by atoms with Crippen LogP contribution in [0.25, 0.3) is 10.2 Å². The highest BCUT2D eigenvalue weighted by molar-refractivity contribution is 9.10. The molecule has 0 radical (unpaired) electrons. The van der Waals surface area contributed by atoms with Crippen molar-refractivity contribution in [1.82, 2.24) is 4.98 Å². The van der Waals surface area contributed by atoms with Crippen LogP contribution in [0.1, 0.15) is 5.56 Å². The van der Waals surface area contributed by atoms with E-state index in [1.807, 2.05) is 35.8 Å². The lowest BCUT2D eigenvalue weighted by Gasteiger charge is -2.08. The number of benzene rings is 2. The van der Waals surface area contributed by atoms with Gasteiger partial charge in [0.05, 0.1) is 27.0 Å². The van der Waals surface area contributed by atoms with Gasteiger partial charge in [-0.3, -0.25) is 0 Å². The number of nitrogens with one attached hydrogen (secondary N) is 1. The Kier molecular flexibility index (Phi) is 3.20. The number of hydrogen-bond donors (Lipinski definition) is 1. The molecule has 5 heteroatoms. The van der Waals surface area contributed by atoms with E-state index in [4.69, 9.17) is 5.26 Å². The predicted molar refractivity (Wildman–Crippen MR) is 81.8 cm³/mol. The minimum atomic E-state index is 0.618. The first-order valence-electron chi connectivity index (χ1n) is 5.56. The fourth-order valence-electron chi connectivity index (χ4n) is 1.81. The summed E-state index contributed by atoms with van der Waals surface area (Å²) in [7, 11) is 0. The molecule has 0 fully saturated rings. The van der Waals surface area contributed by atoms with E-state index in [-0.39, 0.29) is 0 Å². The van der Waals surface area contributed by atoms with Gasteiger partial charge in [0.1, 0.15) is 6.07 Å².